The fourth-order valence-corrected chi connectivity index (χ4v) is 3.45. The number of hydrogen-bond donors (Lipinski definition) is 1. The van der Waals surface area contributed by atoms with Crippen LogP contribution in [-0.2, 0) is 0 Å². The first-order valence-electron chi connectivity index (χ1n) is 7.84. The van der Waals surface area contributed by atoms with E-state index in [9.17, 15) is 0 Å². The van der Waals surface area contributed by atoms with Crippen molar-refractivity contribution in [2.24, 2.45) is 0 Å². The molecule has 0 amide bonds. The molecule has 0 radical (unpaired) electrons. The Bertz CT molecular complexity index is 193. The Morgan fingerprint density at radius 3 is 2.12 bits per heavy atom. The second-order valence-corrected chi connectivity index (χ2v) is 5.88. The van der Waals surface area contributed by atoms with Crippen LogP contribution in [0, 0.1) is 0 Å². The van der Waals surface area contributed by atoms with Crippen LogP contribution in [0.3, 0.4) is 0 Å². The van der Waals surface area contributed by atoms with Gasteiger partial charge in [-0.25, -0.2) is 0 Å². The topological polar surface area (TPSA) is 15.0 Å². The summed E-state index contributed by atoms with van der Waals surface area (Å²) >= 11 is 0. The second kappa shape index (κ2) is 7.38. The summed E-state index contributed by atoms with van der Waals surface area (Å²) in [7, 11) is 2.05. The van der Waals surface area contributed by atoms with Gasteiger partial charge < -0.3 is 5.32 Å². The van der Waals surface area contributed by atoms with E-state index in [2.05, 4.69) is 10.2 Å². The fraction of sp³-hybridized carbons (Fsp3) is 1.00. The largest absolute Gasteiger partial charge is 0.320 e. The van der Waals surface area contributed by atoms with E-state index < -0.39 is 0 Å². The van der Waals surface area contributed by atoms with E-state index in [1.807, 2.05) is 7.05 Å². The van der Waals surface area contributed by atoms with Crippen molar-refractivity contribution in [3.63, 3.8) is 0 Å². The molecule has 0 aromatic heterocycles. The zero-order valence-electron chi connectivity index (χ0n) is 11.6. The standard InChI is InChI=1S/C15H30N2/c1-16-12-8-4-2-3-5-9-13-17-14-10-6-7-11-15(14)17/h14-16H,2-13H2,1H3. The van der Waals surface area contributed by atoms with Crippen LogP contribution in [0.5, 0.6) is 0 Å². The van der Waals surface area contributed by atoms with Gasteiger partial charge in [-0.15, -0.1) is 0 Å². The summed E-state index contributed by atoms with van der Waals surface area (Å²) in [5, 5.41) is 3.21. The summed E-state index contributed by atoms with van der Waals surface area (Å²) in [5.41, 5.74) is 0. The highest BCUT2D eigenvalue weighted by Gasteiger charge is 2.47. The average molecular weight is 238 g/mol. The van der Waals surface area contributed by atoms with E-state index in [1.165, 1.54) is 77.3 Å². The second-order valence-electron chi connectivity index (χ2n) is 5.88. The summed E-state index contributed by atoms with van der Waals surface area (Å²) in [6.07, 6.45) is 14.5. The molecule has 0 bridgehead atoms. The fourth-order valence-electron chi connectivity index (χ4n) is 3.45. The minimum Gasteiger partial charge on any atom is -0.320 e. The van der Waals surface area contributed by atoms with Crippen molar-refractivity contribution < 1.29 is 0 Å². The monoisotopic (exact) mass is 238 g/mol. The van der Waals surface area contributed by atoms with E-state index >= 15 is 0 Å². The van der Waals surface area contributed by atoms with Crippen LogP contribution in [0.25, 0.3) is 0 Å². The van der Waals surface area contributed by atoms with Gasteiger partial charge in [-0.05, 0) is 45.8 Å². The third-order valence-corrected chi connectivity index (χ3v) is 4.55. The predicted octanol–water partition coefficient (Wildman–Crippen LogP) is 3.17. The predicted molar refractivity (Wildman–Crippen MR) is 74.4 cm³/mol. The van der Waals surface area contributed by atoms with Crippen LogP contribution in [0.1, 0.15) is 64.2 Å². The minimum atomic E-state index is 1.01. The Morgan fingerprint density at radius 2 is 1.47 bits per heavy atom. The van der Waals surface area contributed by atoms with Crippen molar-refractivity contribution in [1.82, 2.24) is 10.2 Å². The van der Waals surface area contributed by atoms with Gasteiger partial charge in [-0.2, -0.15) is 0 Å². The first-order chi connectivity index (χ1) is 8.43. The maximum absolute atomic E-state index is 3.21. The molecular weight excluding hydrogens is 208 g/mol. The number of likely N-dealkylation sites (tertiary alicyclic amines) is 1. The molecule has 0 aromatic carbocycles. The smallest absolute Gasteiger partial charge is 0.0255 e. The maximum Gasteiger partial charge on any atom is 0.0255 e. The molecule has 1 saturated heterocycles. The van der Waals surface area contributed by atoms with Gasteiger partial charge in [0.15, 0.2) is 0 Å². The van der Waals surface area contributed by atoms with Crippen molar-refractivity contribution in [2.75, 3.05) is 20.1 Å². The highest BCUT2D eigenvalue weighted by molar-refractivity contribution is 5.03. The average Bonchev–Trinajstić information content (AvgIpc) is 3.06. The molecule has 1 heterocycles. The Morgan fingerprint density at radius 1 is 0.882 bits per heavy atom. The summed E-state index contributed by atoms with van der Waals surface area (Å²) in [4.78, 5) is 2.77. The summed E-state index contributed by atoms with van der Waals surface area (Å²) in [6, 6.07) is 2.03. The molecule has 0 aromatic rings. The Kier molecular flexibility index (Phi) is 5.79. The summed E-state index contributed by atoms with van der Waals surface area (Å²) < 4.78 is 0. The number of rotatable bonds is 9. The number of nitrogens with zero attached hydrogens (tertiary/aromatic N) is 1. The van der Waals surface area contributed by atoms with Gasteiger partial charge in [0.2, 0.25) is 0 Å². The molecule has 2 nitrogen and oxygen atoms in total. The summed E-state index contributed by atoms with van der Waals surface area (Å²) in [6.45, 7) is 2.59. The van der Waals surface area contributed by atoms with E-state index in [0.29, 0.717) is 0 Å². The first-order valence-corrected chi connectivity index (χ1v) is 7.84. The SMILES string of the molecule is CNCCCCCCCCN1C2CCCCC21. The number of nitrogens with one attached hydrogen (secondary N) is 1. The van der Waals surface area contributed by atoms with Crippen molar-refractivity contribution in [3.05, 3.63) is 0 Å². The Hall–Kier alpha value is -0.0800. The van der Waals surface area contributed by atoms with Crippen molar-refractivity contribution in [3.8, 4) is 0 Å². The third kappa shape index (κ3) is 4.26. The van der Waals surface area contributed by atoms with Crippen LogP contribution in [0.15, 0.2) is 0 Å². The molecule has 2 heteroatoms. The number of hydrogen-bond acceptors (Lipinski definition) is 2. The maximum atomic E-state index is 3.21. The van der Waals surface area contributed by atoms with Gasteiger partial charge in [0.1, 0.15) is 0 Å². The van der Waals surface area contributed by atoms with Crippen LogP contribution in [-0.4, -0.2) is 37.1 Å². The number of unbranched alkanes of at least 4 members (excludes halogenated alkanes) is 5. The molecule has 2 aliphatic rings. The van der Waals surface area contributed by atoms with E-state index in [0.717, 1.165) is 12.1 Å². The van der Waals surface area contributed by atoms with E-state index in [-0.39, 0.29) is 0 Å². The molecule has 2 atom stereocenters. The van der Waals surface area contributed by atoms with Gasteiger partial charge in [-0.1, -0.05) is 38.5 Å². The van der Waals surface area contributed by atoms with Crippen LogP contribution >= 0.6 is 0 Å². The normalized spacial score (nSPS) is 31.2. The van der Waals surface area contributed by atoms with Gasteiger partial charge in [0, 0.05) is 12.1 Å². The minimum absolute atomic E-state index is 1.01. The number of fused-ring (bicyclic) bond motifs is 1. The van der Waals surface area contributed by atoms with Crippen LogP contribution < -0.4 is 5.32 Å². The van der Waals surface area contributed by atoms with E-state index in [1.54, 1.807) is 0 Å². The van der Waals surface area contributed by atoms with Gasteiger partial charge in [0.25, 0.3) is 0 Å². The zero-order valence-corrected chi connectivity index (χ0v) is 11.6. The molecule has 100 valence electrons. The van der Waals surface area contributed by atoms with Gasteiger partial charge in [-0.3, -0.25) is 4.90 Å². The highest BCUT2D eigenvalue weighted by atomic mass is 15.3. The molecular formula is C15H30N2. The van der Waals surface area contributed by atoms with Crippen molar-refractivity contribution in [1.29, 1.82) is 0 Å². The molecule has 2 rings (SSSR count). The lowest BCUT2D eigenvalue weighted by atomic mass is 10.0. The van der Waals surface area contributed by atoms with Gasteiger partial charge >= 0.3 is 0 Å². The lowest BCUT2D eigenvalue weighted by Gasteiger charge is -2.04. The summed E-state index contributed by atoms with van der Waals surface area (Å²) in [5.74, 6) is 0. The lowest BCUT2D eigenvalue weighted by molar-refractivity contribution is 0.446. The molecule has 1 saturated carbocycles. The molecule has 17 heavy (non-hydrogen) atoms. The molecule has 2 fully saturated rings. The van der Waals surface area contributed by atoms with Crippen LogP contribution in [0.2, 0.25) is 0 Å². The lowest BCUT2D eigenvalue weighted by Crippen LogP contribution is -2.07. The van der Waals surface area contributed by atoms with Crippen LogP contribution in [0.4, 0.5) is 0 Å². The molecule has 0 spiro atoms. The zero-order chi connectivity index (χ0) is 11.9. The molecule has 2 unspecified atom stereocenters. The van der Waals surface area contributed by atoms with Gasteiger partial charge in [0.05, 0.1) is 0 Å². The highest BCUT2D eigenvalue weighted by Crippen LogP contribution is 2.40. The third-order valence-electron chi connectivity index (χ3n) is 4.55. The first kappa shape index (κ1) is 13.4. The molecule has 1 N–H and O–H groups in total. The molecule has 1 aliphatic heterocycles. The van der Waals surface area contributed by atoms with Crippen molar-refractivity contribution in [2.45, 2.75) is 76.3 Å². The Labute approximate surface area is 107 Å². The quantitative estimate of drug-likeness (QED) is 0.490. The Balaban J connectivity index is 1.37. The van der Waals surface area contributed by atoms with E-state index in [4.69, 9.17) is 0 Å². The molecule has 1 aliphatic carbocycles. The van der Waals surface area contributed by atoms with Crippen molar-refractivity contribution >= 4 is 0 Å².